The van der Waals surface area contributed by atoms with E-state index in [1.165, 1.54) is 4.90 Å². The Morgan fingerprint density at radius 3 is 2.48 bits per heavy atom. The number of carbonyl (C=O) groups is 1. The van der Waals surface area contributed by atoms with Gasteiger partial charge in [0, 0.05) is 7.05 Å². The van der Waals surface area contributed by atoms with E-state index in [9.17, 15) is 13.2 Å². The van der Waals surface area contributed by atoms with Gasteiger partial charge in [0.15, 0.2) is 16.4 Å². The van der Waals surface area contributed by atoms with Crippen LogP contribution in [0.5, 0.6) is 5.75 Å². The molecule has 0 bridgehead atoms. The maximum atomic E-state index is 12.2. The molecule has 2 rings (SSSR count). The van der Waals surface area contributed by atoms with Crippen molar-refractivity contribution in [2.75, 3.05) is 25.2 Å². The first-order valence-corrected chi connectivity index (χ1v) is 8.71. The van der Waals surface area contributed by atoms with Crippen LogP contribution in [-0.4, -0.2) is 49.9 Å². The molecule has 0 unspecified atom stereocenters. The highest BCUT2D eigenvalue weighted by Gasteiger charge is 2.43. The van der Waals surface area contributed by atoms with Crippen LogP contribution in [0.2, 0.25) is 0 Å². The van der Waals surface area contributed by atoms with Gasteiger partial charge in [0.2, 0.25) is 0 Å². The van der Waals surface area contributed by atoms with Crippen molar-refractivity contribution < 1.29 is 17.9 Å². The Kier molecular flexibility index (Phi) is 4.27. The van der Waals surface area contributed by atoms with Crippen LogP contribution in [-0.2, 0) is 14.6 Å². The third-order valence-electron chi connectivity index (χ3n) is 4.05. The normalized spacial score (nSPS) is 23.8. The third kappa shape index (κ3) is 3.75. The number of aryl methyl sites for hydroxylation is 1. The molecule has 1 amide bonds. The number of hydrogen-bond acceptors (Lipinski definition) is 4. The van der Waals surface area contributed by atoms with E-state index in [0.29, 0.717) is 12.2 Å². The lowest BCUT2D eigenvalue weighted by atomic mass is 10.00. The number of rotatable bonds is 4. The molecule has 1 aromatic carbocycles. The molecule has 1 heterocycles. The minimum atomic E-state index is -3.04. The second-order valence-corrected chi connectivity index (χ2v) is 8.08. The van der Waals surface area contributed by atoms with Crippen LogP contribution in [0.3, 0.4) is 0 Å². The Hall–Kier alpha value is -1.56. The fourth-order valence-electron chi connectivity index (χ4n) is 2.44. The summed E-state index contributed by atoms with van der Waals surface area (Å²) in [6.07, 6.45) is 0.474. The van der Waals surface area contributed by atoms with Gasteiger partial charge in [0.1, 0.15) is 5.75 Å². The summed E-state index contributed by atoms with van der Waals surface area (Å²) in [5.41, 5.74) is 0.487. The van der Waals surface area contributed by atoms with E-state index in [4.69, 9.17) is 4.74 Å². The molecule has 0 spiro atoms. The molecular formula is C15H21NO4S. The van der Waals surface area contributed by atoms with Crippen molar-refractivity contribution in [3.05, 3.63) is 29.8 Å². The third-order valence-corrected chi connectivity index (χ3v) is 5.94. The summed E-state index contributed by atoms with van der Waals surface area (Å²) in [5, 5.41) is 0. The molecular weight excluding hydrogens is 290 g/mol. The molecule has 0 aromatic heterocycles. The summed E-state index contributed by atoms with van der Waals surface area (Å²) in [4.78, 5) is 13.7. The SMILES string of the molecule is Cc1ccc(OCC(=O)N(C)[C@]2(C)CCS(=O)(=O)C2)cc1. The first-order valence-electron chi connectivity index (χ1n) is 6.88. The number of benzene rings is 1. The molecule has 1 atom stereocenters. The molecule has 21 heavy (non-hydrogen) atoms. The zero-order valence-corrected chi connectivity index (χ0v) is 13.4. The molecule has 5 nitrogen and oxygen atoms in total. The van der Waals surface area contributed by atoms with Gasteiger partial charge in [-0.3, -0.25) is 4.79 Å². The number of ether oxygens (including phenoxy) is 1. The quantitative estimate of drug-likeness (QED) is 0.843. The summed E-state index contributed by atoms with van der Waals surface area (Å²) in [5.74, 6) is 0.578. The number of sulfone groups is 1. The maximum absolute atomic E-state index is 12.2. The lowest BCUT2D eigenvalue weighted by Gasteiger charge is -2.34. The topological polar surface area (TPSA) is 63.7 Å². The number of hydrogen-bond donors (Lipinski definition) is 0. The van der Waals surface area contributed by atoms with Crippen LogP contribution in [0.15, 0.2) is 24.3 Å². The average Bonchev–Trinajstić information content (AvgIpc) is 2.72. The Labute approximate surface area is 125 Å². The fraction of sp³-hybridized carbons (Fsp3) is 0.533. The lowest BCUT2D eigenvalue weighted by molar-refractivity contribution is -0.136. The summed E-state index contributed by atoms with van der Waals surface area (Å²) < 4.78 is 28.7. The van der Waals surface area contributed by atoms with Gasteiger partial charge in [-0.25, -0.2) is 8.42 Å². The smallest absolute Gasteiger partial charge is 0.260 e. The van der Waals surface area contributed by atoms with Crippen LogP contribution in [0, 0.1) is 6.92 Å². The van der Waals surface area contributed by atoms with Crippen molar-refractivity contribution in [1.29, 1.82) is 0 Å². The second kappa shape index (κ2) is 5.67. The van der Waals surface area contributed by atoms with E-state index in [1.54, 1.807) is 14.0 Å². The van der Waals surface area contributed by atoms with E-state index >= 15 is 0 Å². The molecule has 116 valence electrons. The summed E-state index contributed by atoms with van der Waals surface area (Å²) >= 11 is 0. The highest BCUT2D eigenvalue weighted by Crippen LogP contribution is 2.28. The van der Waals surface area contributed by atoms with Crippen LogP contribution in [0.4, 0.5) is 0 Å². The zero-order chi connectivity index (χ0) is 15.7. The molecule has 0 radical (unpaired) electrons. The van der Waals surface area contributed by atoms with E-state index in [2.05, 4.69) is 0 Å². The van der Waals surface area contributed by atoms with E-state index in [-0.39, 0.29) is 24.0 Å². The molecule has 0 saturated carbocycles. The Balaban J connectivity index is 1.95. The molecule has 6 heteroatoms. The molecule has 1 aromatic rings. The summed E-state index contributed by atoms with van der Waals surface area (Å²) in [6.45, 7) is 3.70. The first kappa shape index (κ1) is 15.8. The summed E-state index contributed by atoms with van der Waals surface area (Å²) in [7, 11) is -1.40. The zero-order valence-electron chi connectivity index (χ0n) is 12.6. The van der Waals surface area contributed by atoms with E-state index in [0.717, 1.165) is 5.56 Å². The highest BCUT2D eigenvalue weighted by molar-refractivity contribution is 7.91. The minimum Gasteiger partial charge on any atom is -0.484 e. The molecule has 0 N–H and O–H groups in total. The second-order valence-electron chi connectivity index (χ2n) is 5.89. The Morgan fingerprint density at radius 1 is 1.33 bits per heavy atom. The van der Waals surface area contributed by atoms with Gasteiger partial charge < -0.3 is 9.64 Å². The van der Waals surface area contributed by atoms with Crippen LogP contribution in [0.25, 0.3) is 0 Å². The fourth-order valence-corrected chi connectivity index (χ4v) is 4.62. The van der Waals surface area contributed by atoms with Crippen LogP contribution >= 0.6 is 0 Å². The van der Waals surface area contributed by atoms with E-state index in [1.807, 2.05) is 31.2 Å². The molecule has 1 aliphatic rings. The standard InChI is InChI=1S/C15H21NO4S/c1-12-4-6-13(7-5-12)20-10-14(17)16(3)15(2)8-9-21(18,19)11-15/h4-7H,8-11H2,1-3H3/t15-/m1/s1. The van der Waals surface area contributed by atoms with Gasteiger partial charge in [0.05, 0.1) is 17.0 Å². The number of carbonyl (C=O) groups excluding carboxylic acids is 1. The summed E-state index contributed by atoms with van der Waals surface area (Å²) in [6, 6.07) is 7.44. The van der Waals surface area contributed by atoms with Gasteiger partial charge in [-0.05, 0) is 32.4 Å². The van der Waals surface area contributed by atoms with Crippen molar-refractivity contribution in [3.8, 4) is 5.75 Å². The monoisotopic (exact) mass is 311 g/mol. The van der Waals surface area contributed by atoms with Crippen molar-refractivity contribution in [2.24, 2.45) is 0 Å². The molecule has 1 saturated heterocycles. The highest BCUT2D eigenvalue weighted by atomic mass is 32.2. The van der Waals surface area contributed by atoms with Crippen molar-refractivity contribution >= 4 is 15.7 Å². The Bertz CT molecular complexity index is 624. The van der Waals surface area contributed by atoms with Gasteiger partial charge in [-0.2, -0.15) is 0 Å². The predicted octanol–water partition coefficient (Wildman–Crippen LogP) is 1.41. The Morgan fingerprint density at radius 2 is 1.95 bits per heavy atom. The van der Waals surface area contributed by atoms with E-state index < -0.39 is 15.4 Å². The number of nitrogens with zero attached hydrogens (tertiary/aromatic N) is 1. The molecule has 1 aliphatic heterocycles. The van der Waals surface area contributed by atoms with Crippen molar-refractivity contribution in [1.82, 2.24) is 4.90 Å². The lowest BCUT2D eigenvalue weighted by Crippen LogP contribution is -2.49. The van der Waals surface area contributed by atoms with Crippen molar-refractivity contribution in [3.63, 3.8) is 0 Å². The number of likely N-dealkylation sites (N-methyl/N-ethyl adjacent to an activating group) is 1. The predicted molar refractivity (Wildman–Crippen MR) is 81.1 cm³/mol. The van der Waals surface area contributed by atoms with Crippen LogP contribution in [0.1, 0.15) is 18.9 Å². The van der Waals surface area contributed by atoms with Gasteiger partial charge >= 0.3 is 0 Å². The van der Waals surface area contributed by atoms with Gasteiger partial charge in [0.25, 0.3) is 5.91 Å². The minimum absolute atomic E-state index is 0.0206. The number of amides is 1. The van der Waals surface area contributed by atoms with Crippen molar-refractivity contribution in [2.45, 2.75) is 25.8 Å². The first-order chi connectivity index (χ1) is 9.72. The maximum Gasteiger partial charge on any atom is 0.260 e. The van der Waals surface area contributed by atoms with Gasteiger partial charge in [-0.15, -0.1) is 0 Å². The largest absolute Gasteiger partial charge is 0.484 e. The van der Waals surface area contributed by atoms with Crippen LogP contribution < -0.4 is 4.74 Å². The molecule has 0 aliphatic carbocycles. The average molecular weight is 311 g/mol. The van der Waals surface area contributed by atoms with Gasteiger partial charge in [-0.1, -0.05) is 17.7 Å². The molecule has 1 fully saturated rings.